The maximum atomic E-state index is 2.51. The highest BCUT2D eigenvalue weighted by Crippen LogP contribution is 2.55. The Balaban J connectivity index is 1.84. The van der Waals surface area contributed by atoms with Crippen LogP contribution in [0.3, 0.4) is 0 Å². The van der Waals surface area contributed by atoms with Crippen LogP contribution in [0.4, 0.5) is 0 Å². The van der Waals surface area contributed by atoms with Gasteiger partial charge in [-0.05, 0) is 63.9 Å². The minimum Gasteiger partial charge on any atom is -0.0801 e. The zero-order valence-corrected chi connectivity index (χ0v) is 16.4. The van der Waals surface area contributed by atoms with E-state index in [2.05, 4.69) is 89.2 Å². The summed E-state index contributed by atoms with van der Waals surface area (Å²) in [5, 5.41) is 0. The summed E-state index contributed by atoms with van der Waals surface area (Å²) in [7, 11) is 0. The van der Waals surface area contributed by atoms with Crippen LogP contribution in [-0.4, -0.2) is 0 Å². The number of hydrogen-bond acceptors (Lipinski definition) is 0. The van der Waals surface area contributed by atoms with Gasteiger partial charge in [-0.25, -0.2) is 0 Å². The normalized spacial score (nSPS) is 20.9. The van der Waals surface area contributed by atoms with Crippen molar-refractivity contribution in [2.24, 2.45) is 0 Å². The molecule has 0 nitrogen and oxygen atoms in total. The summed E-state index contributed by atoms with van der Waals surface area (Å²) in [4.78, 5) is 0. The van der Waals surface area contributed by atoms with E-state index in [-0.39, 0.29) is 10.8 Å². The Kier molecular flexibility index (Phi) is 2.98. The molecule has 0 fully saturated rings. The fourth-order valence-electron chi connectivity index (χ4n) is 5.24. The Morgan fingerprint density at radius 3 is 2.31 bits per heavy atom. The quantitative estimate of drug-likeness (QED) is 0.488. The second kappa shape index (κ2) is 4.88. The third-order valence-electron chi connectivity index (χ3n) is 6.76. The zero-order chi connectivity index (χ0) is 18.3. The third-order valence-corrected chi connectivity index (χ3v) is 6.76. The molecule has 0 radical (unpaired) electrons. The Morgan fingerprint density at radius 2 is 1.50 bits per heavy atom. The van der Waals surface area contributed by atoms with Crippen LogP contribution in [0.1, 0.15) is 63.3 Å². The monoisotopic (exact) mass is 338 g/mol. The molecule has 26 heavy (non-hydrogen) atoms. The molecule has 3 aliphatic rings. The first-order valence-electron chi connectivity index (χ1n) is 9.69. The molecule has 0 heterocycles. The van der Waals surface area contributed by atoms with Gasteiger partial charge in [0.15, 0.2) is 0 Å². The summed E-state index contributed by atoms with van der Waals surface area (Å²) in [6.45, 7) is 11.8. The van der Waals surface area contributed by atoms with E-state index in [0.717, 1.165) is 6.42 Å². The third kappa shape index (κ3) is 1.85. The Hall–Kier alpha value is -2.34. The summed E-state index contributed by atoms with van der Waals surface area (Å²) in [6, 6.07) is 13.9. The largest absolute Gasteiger partial charge is 0.0801 e. The van der Waals surface area contributed by atoms with Crippen molar-refractivity contribution in [2.75, 3.05) is 0 Å². The first kappa shape index (κ1) is 15.9. The lowest BCUT2D eigenvalue weighted by Gasteiger charge is -2.26. The molecule has 0 heteroatoms. The van der Waals surface area contributed by atoms with Crippen LogP contribution in [0.15, 0.2) is 65.8 Å². The number of rotatable bonds is 0. The molecule has 0 aromatic heterocycles. The topological polar surface area (TPSA) is 0 Å². The predicted octanol–water partition coefficient (Wildman–Crippen LogP) is 6.94. The average Bonchev–Trinajstić information content (AvgIpc) is 2.83. The lowest BCUT2D eigenvalue weighted by atomic mass is 9.77. The van der Waals surface area contributed by atoms with Crippen molar-refractivity contribution in [1.82, 2.24) is 0 Å². The molecule has 2 aromatic rings. The summed E-state index contributed by atoms with van der Waals surface area (Å²) >= 11 is 0. The average molecular weight is 338 g/mol. The van der Waals surface area contributed by atoms with Gasteiger partial charge in [-0.15, -0.1) is 0 Å². The van der Waals surface area contributed by atoms with Crippen LogP contribution in [0.2, 0.25) is 0 Å². The minimum atomic E-state index is 0.0577. The Morgan fingerprint density at radius 1 is 0.769 bits per heavy atom. The van der Waals surface area contributed by atoms with E-state index in [1.807, 2.05) is 0 Å². The van der Waals surface area contributed by atoms with Crippen molar-refractivity contribution in [3.63, 3.8) is 0 Å². The summed E-state index contributed by atoms with van der Waals surface area (Å²) in [5.41, 5.74) is 13.2. The molecular formula is C26H26. The highest BCUT2D eigenvalue weighted by molar-refractivity contribution is 5.93. The molecule has 0 spiro atoms. The van der Waals surface area contributed by atoms with Crippen molar-refractivity contribution in [3.8, 4) is 11.1 Å². The first-order chi connectivity index (χ1) is 12.3. The van der Waals surface area contributed by atoms with Crippen LogP contribution in [-0.2, 0) is 10.8 Å². The van der Waals surface area contributed by atoms with Crippen LogP contribution in [0.5, 0.6) is 0 Å². The Labute approximate surface area is 157 Å². The molecule has 0 bridgehead atoms. The van der Waals surface area contributed by atoms with E-state index in [1.54, 1.807) is 0 Å². The minimum absolute atomic E-state index is 0.0577. The summed E-state index contributed by atoms with van der Waals surface area (Å²) in [6.07, 6.45) is 8.17. The maximum Gasteiger partial charge on any atom is 0.0158 e. The number of hydrogen-bond donors (Lipinski definition) is 0. The molecule has 5 rings (SSSR count). The molecule has 0 unspecified atom stereocenters. The SMILES string of the molecule is CC1=CC2=C(C=CC1)C(C)(C)c1cc3c(cc12)-c1ccccc1C3(C)C. The molecule has 0 saturated heterocycles. The van der Waals surface area contributed by atoms with Crippen LogP contribution in [0, 0.1) is 0 Å². The zero-order valence-electron chi connectivity index (χ0n) is 16.4. The van der Waals surface area contributed by atoms with Crippen molar-refractivity contribution in [1.29, 1.82) is 0 Å². The van der Waals surface area contributed by atoms with Gasteiger partial charge in [0.25, 0.3) is 0 Å². The van der Waals surface area contributed by atoms with Crippen molar-refractivity contribution in [2.45, 2.75) is 51.9 Å². The van der Waals surface area contributed by atoms with E-state index in [1.165, 1.54) is 50.1 Å². The van der Waals surface area contributed by atoms with Crippen LogP contribution < -0.4 is 0 Å². The second-order valence-electron chi connectivity index (χ2n) is 9.16. The highest BCUT2D eigenvalue weighted by atomic mass is 14.4. The van der Waals surface area contributed by atoms with E-state index in [0.29, 0.717) is 0 Å². The second-order valence-corrected chi connectivity index (χ2v) is 9.16. The highest BCUT2D eigenvalue weighted by Gasteiger charge is 2.41. The molecule has 3 aliphatic carbocycles. The fraction of sp³-hybridized carbons (Fsp3) is 0.308. The number of fused-ring (bicyclic) bond motifs is 5. The van der Waals surface area contributed by atoms with Crippen molar-refractivity contribution < 1.29 is 0 Å². The summed E-state index contributed by atoms with van der Waals surface area (Å²) in [5.74, 6) is 0. The van der Waals surface area contributed by atoms with Gasteiger partial charge in [0, 0.05) is 10.8 Å². The molecule has 0 saturated carbocycles. The molecule has 0 N–H and O–H groups in total. The first-order valence-corrected chi connectivity index (χ1v) is 9.69. The molecule has 0 amide bonds. The van der Waals surface area contributed by atoms with Gasteiger partial charge >= 0.3 is 0 Å². The lowest BCUT2D eigenvalue weighted by Crippen LogP contribution is -2.19. The van der Waals surface area contributed by atoms with Gasteiger partial charge in [0.05, 0.1) is 0 Å². The summed E-state index contributed by atoms with van der Waals surface area (Å²) < 4.78 is 0. The molecule has 2 aromatic carbocycles. The molecule has 0 aliphatic heterocycles. The van der Waals surface area contributed by atoms with Gasteiger partial charge in [0.2, 0.25) is 0 Å². The molecular weight excluding hydrogens is 312 g/mol. The van der Waals surface area contributed by atoms with E-state index in [9.17, 15) is 0 Å². The standard InChI is InChI=1S/C26H26/c1-16-9-8-12-22-18(13-16)20-14-19-17-10-6-7-11-21(17)25(2,3)23(19)15-24(20)26(22,4)5/h6-8,10-15H,9H2,1-5H3. The number of benzene rings is 2. The van der Waals surface area contributed by atoms with Crippen molar-refractivity contribution in [3.05, 3.63) is 88.0 Å². The predicted molar refractivity (Wildman–Crippen MR) is 111 cm³/mol. The van der Waals surface area contributed by atoms with E-state index < -0.39 is 0 Å². The van der Waals surface area contributed by atoms with Crippen molar-refractivity contribution >= 4 is 5.57 Å². The van der Waals surface area contributed by atoms with Crippen LogP contribution in [0.25, 0.3) is 16.7 Å². The molecule has 130 valence electrons. The van der Waals surface area contributed by atoms with E-state index >= 15 is 0 Å². The van der Waals surface area contributed by atoms with Gasteiger partial charge < -0.3 is 0 Å². The smallest absolute Gasteiger partial charge is 0.0158 e. The van der Waals surface area contributed by atoms with Gasteiger partial charge in [-0.3, -0.25) is 0 Å². The fourth-order valence-corrected chi connectivity index (χ4v) is 5.24. The van der Waals surface area contributed by atoms with Gasteiger partial charge in [-0.1, -0.05) is 81.8 Å². The van der Waals surface area contributed by atoms with Gasteiger partial charge in [0.1, 0.15) is 0 Å². The van der Waals surface area contributed by atoms with E-state index in [4.69, 9.17) is 0 Å². The van der Waals surface area contributed by atoms with Gasteiger partial charge in [-0.2, -0.15) is 0 Å². The maximum absolute atomic E-state index is 2.51. The van der Waals surface area contributed by atoms with Crippen LogP contribution >= 0.6 is 0 Å². The lowest BCUT2D eigenvalue weighted by molar-refractivity contribution is 0.635. The number of allylic oxidation sites excluding steroid dienone is 6. The Bertz CT molecular complexity index is 1050. The molecule has 0 atom stereocenters.